The van der Waals surface area contributed by atoms with Gasteiger partial charge in [-0.05, 0) is 12.5 Å². The number of hydrogen-bond donors (Lipinski definition) is 1. The monoisotopic (exact) mass is 168 g/mol. The summed E-state index contributed by atoms with van der Waals surface area (Å²) in [6.07, 6.45) is 2.02. The van der Waals surface area contributed by atoms with Crippen LogP contribution in [0.1, 0.15) is 13.8 Å². The smallest absolute Gasteiger partial charge is 0.121 e. The van der Waals surface area contributed by atoms with E-state index in [0.717, 1.165) is 12.1 Å². The van der Waals surface area contributed by atoms with Crippen molar-refractivity contribution in [1.29, 1.82) is 0 Å². The van der Waals surface area contributed by atoms with Crippen LogP contribution in [0.15, 0.2) is 16.6 Å². The topological polar surface area (TPSA) is 47.6 Å². The van der Waals surface area contributed by atoms with Gasteiger partial charge in [0.2, 0.25) is 0 Å². The van der Waals surface area contributed by atoms with E-state index in [4.69, 9.17) is 10.5 Å². The van der Waals surface area contributed by atoms with Gasteiger partial charge in [0, 0.05) is 12.5 Å². The molecule has 0 bridgehead atoms. The molecule has 0 unspecified atom stereocenters. The molecule has 1 rings (SSSR count). The van der Waals surface area contributed by atoms with Crippen molar-refractivity contribution in [3.8, 4) is 0 Å². The Morgan fingerprint density at radius 2 is 2.42 bits per heavy atom. The average molecular weight is 168 g/mol. The fourth-order valence-corrected chi connectivity index (χ4v) is 1.68. The summed E-state index contributed by atoms with van der Waals surface area (Å²) in [6, 6.07) is 0. The first-order chi connectivity index (χ1) is 5.64. The number of hydrogen-bond acceptors (Lipinski definition) is 3. The fourth-order valence-electron chi connectivity index (χ4n) is 1.68. The van der Waals surface area contributed by atoms with E-state index in [1.165, 1.54) is 0 Å². The zero-order chi connectivity index (χ0) is 9.19. The number of aliphatic imine (C=N–C) groups is 1. The van der Waals surface area contributed by atoms with E-state index in [9.17, 15) is 0 Å². The summed E-state index contributed by atoms with van der Waals surface area (Å²) in [6.45, 7) is 5.52. The molecule has 0 saturated heterocycles. The predicted octanol–water partition coefficient (Wildman–Crippen LogP) is 0.956. The summed E-state index contributed by atoms with van der Waals surface area (Å²) in [7, 11) is 1.70. The maximum atomic E-state index is 5.72. The molecule has 1 heterocycles. The molecule has 0 saturated carbocycles. The van der Waals surface area contributed by atoms with E-state index in [1.807, 2.05) is 13.0 Å². The SMILES string of the molecule is C/C=C1\C(N)=NC[C@]1(C)COC. The quantitative estimate of drug-likeness (QED) is 0.667. The van der Waals surface area contributed by atoms with Crippen molar-refractivity contribution in [2.24, 2.45) is 16.1 Å². The molecule has 0 aromatic carbocycles. The number of allylic oxidation sites excluding steroid dienone is 1. The van der Waals surface area contributed by atoms with Crippen molar-refractivity contribution in [3.63, 3.8) is 0 Å². The van der Waals surface area contributed by atoms with E-state index in [0.29, 0.717) is 12.4 Å². The number of ether oxygens (including phenoxy) is 1. The summed E-state index contributed by atoms with van der Waals surface area (Å²) in [5.74, 6) is 0.664. The van der Waals surface area contributed by atoms with Crippen molar-refractivity contribution in [2.45, 2.75) is 13.8 Å². The van der Waals surface area contributed by atoms with Crippen LogP contribution in [-0.2, 0) is 4.74 Å². The number of nitrogens with zero attached hydrogens (tertiary/aromatic N) is 1. The molecule has 0 aromatic rings. The Labute approximate surface area is 73.3 Å². The predicted molar refractivity (Wildman–Crippen MR) is 50.2 cm³/mol. The Hall–Kier alpha value is -0.830. The summed E-state index contributed by atoms with van der Waals surface area (Å²) in [5, 5.41) is 0. The molecule has 68 valence electrons. The Morgan fingerprint density at radius 1 is 1.75 bits per heavy atom. The number of amidine groups is 1. The van der Waals surface area contributed by atoms with Crippen LogP contribution in [0.5, 0.6) is 0 Å². The minimum Gasteiger partial charge on any atom is -0.384 e. The van der Waals surface area contributed by atoms with Gasteiger partial charge in [0.15, 0.2) is 0 Å². The Kier molecular flexibility index (Phi) is 2.52. The summed E-state index contributed by atoms with van der Waals surface area (Å²) >= 11 is 0. The van der Waals surface area contributed by atoms with Crippen molar-refractivity contribution in [1.82, 2.24) is 0 Å². The van der Waals surface area contributed by atoms with Gasteiger partial charge in [0.1, 0.15) is 5.84 Å². The minimum atomic E-state index is -0.00637. The summed E-state index contributed by atoms with van der Waals surface area (Å²) in [4.78, 5) is 4.21. The van der Waals surface area contributed by atoms with Crippen molar-refractivity contribution in [2.75, 3.05) is 20.3 Å². The maximum absolute atomic E-state index is 5.72. The molecule has 1 aliphatic heterocycles. The molecule has 0 spiro atoms. The van der Waals surface area contributed by atoms with Gasteiger partial charge in [-0.3, -0.25) is 4.99 Å². The van der Waals surface area contributed by atoms with Gasteiger partial charge in [0.05, 0.1) is 13.2 Å². The number of rotatable bonds is 2. The molecule has 3 nitrogen and oxygen atoms in total. The lowest BCUT2D eigenvalue weighted by Crippen LogP contribution is -2.28. The van der Waals surface area contributed by atoms with Crippen LogP contribution in [0.2, 0.25) is 0 Å². The molecular formula is C9H16N2O. The molecule has 1 aliphatic rings. The van der Waals surface area contributed by atoms with E-state index in [2.05, 4.69) is 11.9 Å². The highest BCUT2D eigenvalue weighted by Crippen LogP contribution is 2.32. The molecule has 0 aliphatic carbocycles. The van der Waals surface area contributed by atoms with Crippen LogP contribution >= 0.6 is 0 Å². The molecule has 1 atom stereocenters. The molecule has 12 heavy (non-hydrogen) atoms. The van der Waals surface area contributed by atoms with Gasteiger partial charge in [-0.1, -0.05) is 13.0 Å². The molecule has 0 aromatic heterocycles. The molecule has 0 fully saturated rings. The average Bonchev–Trinajstić information content (AvgIpc) is 2.28. The molecule has 2 N–H and O–H groups in total. The third-order valence-corrected chi connectivity index (χ3v) is 2.28. The second-order valence-corrected chi connectivity index (χ2v) is 3.40. The van der Waals surface area contributed by atoms with E-state index in [-0.39, 0.29) is 5.41 Å². The highest BCUT2D eigenvalue weighted by molar-refractivity contribution is 6.00. The number of nitrogens with two attached hydrogens (primary N) is 1. The standard InChI is InChI=1S/C9H16N2O/c1-4-7-8(10)11-5-9(7,2)6-12-3/h4H,5-6H2,1-3H3,(H2,10,11)/b7-4+/t9-/m1/s1. The van der Waals surface area contributed by atoms with Gasteiger partial charge in [-0.2, -0.15) is 0 Å². The Balaban J connectivity index is 2.84. The van der Waals surface area contributed by atoms with Crippen LogP contribution in [0.3, 0.4) is 0 Å². The summed E-state index contributed by atoms with van der Waals surface area (Å²) in [5.41, 5.74) is 6.83. The lowest BCUT2D eigenvalue weighted by atomic mass is 9.84. The van der Waals surface area contributed by atoms with E-state index < -0.39 is 0 Å². The van der Waals surface area contributed by atoms with Crippen LogP contribution in [0, 0.1) is 5.41 Å². The van der Waals surface area contributed by atoms with Crippen LogP contribution in [0.4, 0.5) is 0 Å². The van der Waals surface area contributed by atoms with Gasteiger partial charge >= 0.3 is 0 Å². The lowest BCUT2D eigenvalue weighted by Gasteiger charge is -2.23. The van der Waals surface area contributed by atoms with Crippen molar-refractivity contribution < 1.29 is 4.74 Å². The molecular weight excluding hydrogens is 152 g/mol. The van der Waals surface area contributed by atoms with Gasteiger partial charge in [-0.25, -0.2) is 0 Å². The normalized spacial score (nSPS) is 32.6. The van der Waals surface area contributed by atoms with Crippen molar-refractivity contribution in [3.05, 3.63) is 11.6 Å². The van der Waals surface area contributed by atoms with Gasteiger partial charge in [0.25, 0.3) is 0 Å². The minimum absolute atomic E-state index is 0.00637. The van der Waals surface area contributed by atoms with Gasteiger partial charge in [-0.15, -0.1) is 0 Å². The largest absolute Gasteiger partial charge is 0.384 e. The zero-order valence-electron chi connectivity index (χ0n) is 7.92. The molecule has 0 radical (unpaired) electrons. The molecule has 3 heteroatoms. The third kappa shape index (κ3) is 1.37. The third-order valence-electron chi connectivity index (χ3n) is 2.28. The highest BCUT2D eigenvalue weighted by atomic mass is 16.5. The molecule has 0 amide bonds. The first-order valence-electron chi connectivity index (χ1n) is 4.10. The first-order valence-corrected chi connectivity index (χ1v) is 4.10. The first kappa shape index (κ1) is 9.26. The van der Waals surface area contributed by atoms with Crippen LogP contribution in [0.25, 0.3) is 0 Å². The van der Waals surface area contributed by atoms with Crippen LogP contribution in [-0.4, -0.2) is 26.1 Å². The zero-order valence-corrected chi connectivity index (χ0v) is 7.92. The Morgan fingerprint density at radius 3 is 2.92 bits per heavy atom. The van der Waals surface area contributed by atoms with Crippen molar-refractivity contribution >= 4 is 5.84 Å². The lowest BCUT2D eigenvalue weighted by molar-refractivity contribution is 0.126. The van der Waals surface area contributed by atoms with Gasteiger partial charge < -0.3 is 10.5 Å². The Bertz CT molecular complexity index is 233. The second kappa shape index (κ2) is 3.27. The summed E-state index contributed by atoms with van der Waals surface area (Å²) < 4.78 is 5.14. The highest BCUT2D eigenvalue weighted by Gasteiger charge is 2.35. The number of methoxy groups -OCH3 is 1. The fraction of sp³-hybridized carbons (Fsp3) is 0.667. The van der Waals surface area contributed by atoms with E-state index >= 15 is 0 Å². The second-order valence-electron chi connectivity index (χ2n) is 3.40. The maximum Gasteiger partial charge on any atom is 0.121 e. The van der Waals surface area contributed by atoms with E-state index in [1.54, 1.807) is 7.11 Å². The van der Waals surface area contributed by atoms with Crippen LogP contribution < -0.4 is 5.73 Å².